The van der Waals surface area contributed by atoms with Crippen LogP contribution in [0.15, 0.2) is 0 Å². The Bertz CT molecular complexity index is 283. The molecule has 0 spiro atoms. The Kier molecular flexibility index (Phi) is 2.10. The van der Waals surface area contributed by atoms with Crippen LogP contribution >= 0.6 is 0 Å². The molecule has 0 bridgehead atoms. The second-order valence-electron chi connectivity index (χ2n) is 2.53. The number of hydrogen-bond acceptors (Lipinski definition) is 3. The average molecular weight is 195 g/mol. The molecule has 4 nitrogen and oxygen atoms in total. The molecule has 0 saturated carbocycles. The summed E-state index contributed by atoms with van der Waals surface area (Å²) in [5.41, 5.74) is 0. The number of nitrogens with one attached hydrogen (secondary N) is 1. The standard InChI is InChI=1S/C6H4F3NO3/c7-6(8,9)4(12)2-1-3(11)10-5(2)13/h2H,1H2,(H,10,11,13). The minimum atomic E-state index is -5.06. The minimum absolute atomic E-state index is 0.711. The Morgan fingerprint density at radius 2 is 1.92 bits per heavy atom. The molecule has 1 unspecified atom stereocenters. The van der Waals surface area contributed by atoms with Crippen LogP contribution in [0, 0.1) is 5.92 Å². The summed E-state index contributed by atoms with van der Waals surface area (Å²) in [7, 11) is 0. The fraction of sp³-hybridized carbons (Fsp3) is 0.500. The number of Topliss-reactive ketones (excluding diaryl/α,β-unsaturated/α-hetero) is 1. The van der Waals surface area contributed by atoms with Crippen molar-refractivity contribution in [3.8, 4) is 0 Å². The van der Waals surface area contributed by atoms with Gasteiger partial charge in [-0.25, -0.2) is 0 Å². The van der Waals surface area contributed by atoms with Crippen LogP contribution in [0.1, 0.15) is 6.42 Å². The van der Waals surface area contributed by atoms with E-state index in [4.69, 9.17) is 0 Å². The monoisotopic (exact) mass is 195 g/mol. The molecule has 1 aliphatic heterocycles. The molecule has 0 aliphatic carbocycles. The fourth-order valence-electron chi connectivity index (χ4n) is 0.963. The van der Waals surface area contributed by atoms with E-state index in [2.05, 4.69) is 0 Å². The van der Waals surface area contributed by atoms with Gasteiger partial charge in [0.1, 0.15) is 5.92 Å². The van der Waals surface area contributed by atoms with Crippen LogP contribution in [0.5, 0.6) is 0 Å². The van der Waals surface area contributed by atoms with Gasteiger partial charge in [0.2, 0.25) is 17.6 Å². The lowest BCUT2D eigenvalue weighted by molar-refractivity contribution is -0.176. The van der Waals surface area contributed by atoms with E-state index in [-0.39, 0.29) is 0 Å². The Balaban J connectivity index is 2.80. The Hall–Kier alpha value is -1.40. The van der Waals surface area contributed by atoms with Crippen molar-refractivity contribution in [3.05, 3.63) is 0 Å². The summed E-state index contributed by atoms with van der Waals surface area (Å²) >= 11 is 0. The summed E-state index contributed by atoms with van der Waals surface area (Å²) < 4.78 is 35.3. The molecule has 2 amide bonds. The average Bonchev–Trinajstić information content (AvgIpc) is 2.26. The zero-order valence-electron chi connectivity index (χ0n) is 6.14. The van der Waals surface area contributed by atoms with E-state index >= 15 is 0 Å². The van der Waals surface area contributed by atoms with Gasteiger partial charge in [0.15, 0.2) is 0 Å². The van der Waals surface area contributed by atoms with Gasteiger partial charge >= 0.3 is 6.18 Å². The van der Waals surface area contributed by atoms with Gasteiger partial charge in [0.05, 0.1) is 0 Å². The number of halogens is 3. The molecule has 1 aliphatic rings. The number of alkyl halides is 3. The van der Waals surface area contributed by atoms with Crippen molar-refractivity contribution in [2.75, 3.05) is 0 Å². The highest BCUT2D eigenvalue weighted by Crippen LogP contribution is 2.24. The van der Waals surface area contributed by atoms with Gasteiger partial charge in [-0.3, -0.25) is 19.7 Å². The quantitative estimate of drug-likeness (QED) is 0.464. The maximum Gasteiger partial charge on any atom is 0.450 e. The smallest absolute Gasteiger partial charge is 0.296 e. The normalized spacial score (nSPS) is 23.2. The number of imide groups is 1. The third-order valence-electron chi connectivity index (χ3n) is 1.56. The first kappa shape index (κ1) is 9.69. The van der Waals surface area contributed by atoms with Crippen LogP contribution in [0.3, 0.4) is 0 Å². The molecule has 0 aromatic carbocycles. The molecule has 0 aromatic rings. The Morgan fingerprint density at radius 1 is 1.38 bits per heavy atom. The minimum Gasteiger partial charge on any atom is -0.296 e. The lowest BCUT2D eigenvalue weighted by atomic mass is 10.0. The zero-order chi connectivity index (χ0) is 10.2. The van der Waals surface area contributed by atoms with E-state index in [0.29, 0.717) is 0 Å². The number of carbonyl (C=O) groups excluding carboxylic acids is 3. The summed E-state index contributed by atoms with van der Waals surface area (Å²) in [5, 5.41) is 1.62. The summed E-state index contributed by atoms with van der Waals surface area (Å²) in [6.45, 7) is 0. The molecule has 72 valence electrons. The molecule has 1 rings (SSSR count). The van der Waals surface area contributed by atoms with Gasteiger partial charge in [-0.05, 0) is 0 Å². The molecule has 0 radical (unpaired) electrons. The van der Waals surface area contributed by atoms with Gasteiger partial charge in [-0.1, -0.05) is 0 Å². The van der Waals surface area contributed by atoms with Gasteiger partial charge < -0.3 is 0 Å². The van der Waals surface area contributed by atoms with E-state index in [9.17, 15) is 27.6 Å². The molecule has 1 fully saturated rings. The van der Waals surface area contributed by atoms with E-state index in [0.717, 1.165) is 0 Å². The van der Waals surface area contributed by atoms with Crippen molar-refractivity contribution < 1.29 is 27.6 Å². The molecule has 1 N–H and O–H groups in total. The van der Waals surface area contributed by atoms with Crippen molar-refractivity contribution in [2.45, 2.75) is 12.6 Å². The highest BCUT2D eigenvalue weighted by atomic mass is 19.4. The van der Waals surface area contributed by atoms with Crippen molar-refractivity contribution in [3.63, 3.8) is 0 Å². The number of amides is 2. The first-order valence-corrected chi connectivity index (χ1v) is 3.27. The van der Waals surface area contributed by atoms with Gasteiger partial charge in [-0.15, -0.1) is 0 Å². The van der Waals surface area contributed by atoms with Gasteiger partial charge in [0, 0.05) is 6.42 Å². The van der Waals surface area contributed by atoms with E-state index in [1.165, 1.54) is 0 Å². The van der Waals surface area contributed by atoms with E-state index in [1.807, 2.05) is 0 Å². The molecule has 1 saturated heterocycles. The second kappa shape index (κ2) is 2.82. The lowest BCUT2D eigenvalue weighted by Crippen LogP contribution is -2.35. The van der Waals surface area contributed by atoms with Crippen molar-refractivity contribution in [2.24, 2.45) is 5.92 Å². The summed E-state index contributed by atoms with van der Waals surface area (Å²) in [4.78, 5) is 31.5. The number of ketones is 1. The van der Waals surface area contributed by atoms with Crippen LogP contribution in [0.4, 0.5) is 13.2 Å². The fourth-order valence-corrected chi connectivity index (χ4v) is 0.963. The van der Waals surface area contributed by atoms with Gasteiger partial charge in [-0.2, -0.15) is 13.2 Å². The van der Waals surface area contributed by atoms with Crippen LogP contribution in [0.25, 0.3) is 0 Å². The molecule has 1 heterocycles. The second-order valence-corrected chi connectivity index (χ2v) is 2.53. The van der Waals surface area contributed by atoms with Crippen molar-refractivity contribution in [1.29, 1.82) is 0 Å². The maximum atomic E-state index is 11.8. The molecule has 13 heavy (non-hydrogen) atoms. The predicted octanol–water partition coefficient (Wildman–Crippen LogP) is -0.219. The van der Waals surface area contributed by atoms with Crippen LogP contribution < -0.4 is 5.32 Å². The van der Waals surface area contributed by atoms with Gasteiger partial charge in [0.25, 0.3) is 0 Å². The molecule has 7 heteroatoms. The van der Waals surface area contributed by atoms with Crippen molar-refractivity contribution in [1.82, 2.24) is 5.32 Å². The third kappa shape index (κ3) is 1.85. The highest BCUT2D eigenvalue weighted by molar-refractivity contribution is 6.15. The van der Waals surface area contributed by atoms with E-state index in [1.54, 1.807) is 5.32 Å². The molecule has 1 atom stereocenters. The number of hydrogen-bond donors (Lipinski definition) is 1. The van der Waals surface area contributed by atoms with Crippen LogP contribution in [-0.4, -0.2) is 23.8 Å². The lowest BCUT2D eigenvalue weighted by Gasteiger charge is -2.07. The topological polar surface area (TPSA) is 63.2 Å². The first-order valence-electron chi connectivity index (χ1n) is 3.27. The van der Waals surface area contributed by atoms with E-state index < -0.39 is 36.1 Å². The molecule has 0 aromatic heterocycles. The highest BCUT2D eigenvalue weighted by Gasteiger charge is 2.49. The Labute approximate surface area is 70.1 Å². The number of carbonyl (C=O) groups is 3. The zero-order valence-corrected chi connectivity index (χ0v) is 6.14. The SMILES string of the molecule is O=C1CC(C(=O)C(F)(F)F)C(=O)N1. The third-order valence-corrected chi connectivity index (χ3v) is 1.56. The Morgan fingerprint density at radius 3 is 2.23 bits per heavy atom. The summed E-state index contributed by atoms with van der Waals surface area (Å²) in [6, 6.07) is 0. The molecular formula is C6H4F3NO3. The first-order chi connectivity index (χ1) is 5.82. The summed E-state index contributed by atoms with van der Waals surface area (Å²) in [5.74, 6) is -6.09. The largest absolute Gasteiger partial charge is 0.450 e. The molecular weight excluding hydrogens is 191 g/mol. The summed E-state index contributed by atoms with van der Waals surface area (Å²) in [6.07, 6.45) is -5.77. The maximum absolute atomic E-state index is 11.8. The van der Waals surface area contributed by atoms with Crippen LogP contribution in [0.2, 0.25) is 0 Å². The van der Waals surface area contributed by atoms with Crippen molar-refractivity contribution >= 4 is 17.6 Å². The number of rotatable bonds is 1. The van der Waals surface area contributed by atoms with Crippen LogP contribution in [-0.2, 0) is 14.4 Å². The predicted molar refractivity (Wildman–Crippen MR) is 32.3 cm³/mol.